The molecule has 2 atom stereocenters. The number of rotatable bonds is 7. The van der Waals surface area contributed by atoms with Crippen molar-refractivity contribution in [1.82, 2.24) is 4.90 Å². The monoisotopic (exact) mass is 551 g/mol. The van der Waals surface area contributed by atoms with E-state index in [0.29, 0.717) is 22.8 Å². The minimum Gasteiger partial charge on any atom is -0.496 e. The molecular weight excluding hydrogens is 518 g/mol. The molecular formula is C31H34ClNO6. The smallest absolute Gasteiger partial charge is 0.410 e. The number of halogens is 1. The van der Waals surface area contributed by atoms with Crippen molar-refractivity contribution in [2.75, 3.05) is 13.7 Å². The van der Waals surface area contributed by atoms with E-state index in [4.69, 9.17) is 21.1 Å². The maximum absolute atomic E-state index is 13.3. The van der Waals surface area contributed by atoms with Gasteiger partial charge in [-0.25, -0.2) is 9.59 Å². The van der Waals surface area contributed by atoms with Crippen molar-refractivity contribution in [2.45, 2.75) is 57.8 Å². The molecule has 0 aromatic heterocycles. The maximum Gasteiger partial charge on any atom is 0.410 e. The number of aliphatic hydroxyl groups is 1. The van der Waals surface area contributed by atoms with Crippen molar-refractivity contribution in [3.8, 4) is 16.9 Å². The minimum absolute atomic E-state index is 0.0800. The number of aliphatic hydroxyl groups excluding tert-OH is 1. The van der Waals surface area contributed by atoms with E-state index in [1.807, 2.05) is 32.9 Å². The fraction of sp³-hybridized carbons (Fsp3) is 0.355. The SMILES string of the molecule is COc1ccc(-c2ccc3c(c2)C[C@@H](N(C[C@H](O)c2ccc(Cl)cc2)C(=O)OC(C)(C)C)CC3)cc1C(=O)O. The predicted octanol–water partition coefficient (Wildman–Crippen LogP) is 6.54. The van der Waals surface area contributed by atoms with Crippen LogP contribution in [0.3, 0.4) is 0 Å². The largest absolute Gasteiger partial charge is 0.496 e. The lowest BCUT2D eigenvalue weighted by Gasteiger charge is -2.37. The Morgan fingerprint density at radius 2 is 1.69 bits per heavy atom. The van der Waals surface area contributed by atoms with E-state index in [1.54, 1.807) is 41.3 Å². The van der Waals surface area contributed by atoms with Crippen molar-refractivity contribution >= 4 is 23.7 Å². The summed E-state index contributed by atoms with van der Waals surface area (Å²) in [6.07, 6.45) is 0.694. The van der Waals surface area contributed by atoms with Crippen molar-refractivity contribution in [2.24, 2.45) is 0 Å². The zero-order valence-electron chi connectivity index (χ0n) is 22.6. The van der Waals surface area contributed by atoms with Crippen molar-refractivity contribution in [3.63, 3.8) is 0 Å². The van der Waals surface area contributed by atoms with Crippen LogP contribution in [-0.4, -0.2) is 52.5 Å². The second-order valence-electron chi connectivity index (χ2n) is 10.8. The van der Waals surface area contributed by atoms with Gasteiger partial charge in [0.2, 0.25) is 0 Å². The molecule has 0 fully saturated rings. The highest BCUT2D eigenvalue weighted by Gasteiger charge is 2.33. The van der Waals surface area contributed by atoms with Gasteiger partial charge in [0.25, 0.3) is 0 Å². The van der Waals surface area contributed by atoms with E-state index in [-0.39, 0.29) is 18.2 Å². The quantitative estimate of drug-likeness (QED) is 0.346. The lowest BCUT2D eigenvalue weighted by molar-refractivity contribution is 0.00194. The Morgan fingerprint density at radius 3 is 2.33 bits per heavy atom. The van der Waals surface area contributed by atoms with Gasteiger partial charge in [-0.15, -0.1) is 0 Å². The Labute approximate surface area is 233 Å². The van der Waals surface area contributed by atoms with E-state index in [1.165, 1.54) is 12.7 Å². The summed E-state index contributed by atoms with van der Waals surface area (Å²) in [5.41, 5.74) is 3.98. The van der Waals surface area contributed by atoms with E-state index in [0.717, 1.165) is 29.5 Å². The van der Waals surface area contributed by atoms with Crippen molar-refractivity contribution < 1.29 is 29.3 Å². The third kappa shape index (κ3) is 6.91. The second kappa shape index (κ2) is 11.7. The van der Waals surface area contributed by atoms with Gasteiger partial charge >= 0.3 is 12.1 Å². The molecule has 0 heterocycles. The average molecular weight is 552 g/mol. The standard InChI is InChI=1S/C31H34ClNO6/c1-31(2,3)39-30(37)33(18-27(34)20-7-11-24(32)12-8-20)25-13-9-19-5-6-21(15-23(19)16-25)22-10-14-28(38-4)26(17-22)29(35)36/h5-8,10-12,14-15,17,25,27,34H,9,13,16,18H2,1-4H3,(H,35,36)/t25-,27-/m0/s1. The first-order chi connectivity index (χ1) is 18.4. The number of aromatic carboxylic acids is 1. The molecule has 4 rings (SSSR count). The van der Waals surface area contributed by atoms with Gasteiger partial charge in [0.15, 0.2) is 0 Å². The number of benzene rings is 3. The summed E-state index contributed by atoms with van der Waals surface area (Å²) >= 11 is 6.01. The molecule has 7 nitrogen and oxygen atoms in total. The average Bonchev–Trinajstić information content (AvgIpc) is 2.89. The van der Waals surface area contributed by atoms with Crippen molar-refractivity contribution in [3.05, 3.63) is 87.9 Å². The molecule has 0 aliphatic heterocycles. The van der Waals surface area contributed by atoms with Crippen LogP contribution in [0.5, 0.6) is 5.75 Å². The number of carboxylic acids is 1. The molecule has 0 spiro atoms. The van der Waals surface area contributed by atoms with Gasteiger partial charge in [-0.1, -0.05) is 48.0 Å². The summed E-state index contributed by atoms with van der Waals surface area (Å²) in [5, 5.41) is 21.2. The molecule has 1 aliphatic rings. The fourth-order valence-corrected chi connectivity index (χ4v) is 5.03. The van der Waals surface area contributed by atoms with E-state index < -0.39 is 23.8 Å². The number of fused-ring (bicyclic) bond motifs is 1. The molecule has 0 unspecified atom stereocenters. The molecule has 0 radical (unpaired) electrons. The van der Waals surface area contributed by atoms with Crippen LogP contribution in [0.25, 0.3) is 11.1 Å². The van der Waals surface area contributed by atoms with Crippen LogP contribution < -0.4 is 4.74 Å². The van der Waals surface area contributed by atoms with Gasteiger partial charge in [0, 0.05) is 11.1 Å². The summed E-state index contributed by atoms with van der Waals surface area (Å²) in [6.45, 7) is 5.54. The van der Waals surface area contributed by atoms with Gasteiger partial charge in [0.1, 0.15) is 16.9 Å². The molecule has 1 amide bonds. The van der Waals surface area contributed by atoms with Gasteiger partial charge in [-0.05, 0) is 92.1 Å². The minimum atomic E-state index is -1.06. The molecule has 3 aromatic carbocycles. The number of methoxy groups -OCH3 is 1. The topological polar surface area (TPSA) is 96.3 Å². The summed E-state index contributed by atoms with van der Waals surface area (Å²) in [6, 6.07) is 18.0. The lowest BCUT2D eigenvalue weighted by atomic mass is 9.85. The van der Waals surface area contributed by atoms with Gasteiger partial charge in [-0.2, -0.15) is 0 Å². The molecule has 2 N–H and O–H groups in total. The third-order valence-corrected chi connectivity index (χ3v) is 7.12. The fourth-order valence-electron chi connectivity index (χ4n) is 4.91. The first-order valence-corrected chi connectivity index (χ1v) is 13.3. The predicted molar refractivity (Wildman–Crippen MR) is 151 cm³/mol. The highest BCUT2D eigenvalue weighted by atomic mass is 35.5. The lowest BCUT2D eigenvalue weighted by Crippen LogP contribution is -2.47. The van der Waals surface area contributed by atoms with Crippen LogP contribution in [0.2, 0.25) is 5.02 Å². The van der Waals surface area contributed by atoms with Gasteiger partial charge in [-0.3, -0.25) is 0 Å². The van der Waals surface area contributed by atoms with Crippen LogP contribution in [0, 0.1) is 0 Å². The normalized spacial score (nSPS) is 15.7. The zero-order chi connectivity index (χ0) is 28.3. The summed E-state index contributed by atoms with van der Waals surface area (Å²) in [5.74, 6) is -0.754. The number of nitrogens with zero attached hydrogens (tertiary/aromatic N) is 1. The molecule has 206 valence electrons. The Kier molecular flexibility index (Phi) is 8.52. The van der Waals surface area contributed by atoms with Crippen LogP contribution in [0.4, 0.5) is 4.79 Å². The van der Waals surface area contributed by atoms with Crippen LogP contribution >= 0.6 is 11.6 Å². The number of carboxylic acid groups (broad SMARTS) is 1. The zero-order valence-corrected chi connectivity index (χ0v) is 23.4. The number of carbonyl (C=O) groups excluding carboxylic acids is 1. The molecule has 3 aromatic rings. The number of amides is 1. The van der Waals surface area contributed by atoms with Gasteiger partial charge < -0.3 is 24.6 Å². The molecule has 1 aliphatic carbocycles. The Hall–Kier alpha value is -3.55. The molecule has 0 saturated carbocycles. The summed E-state index contributed by atoms with van der Waals surface area (Å²) in [7, 11) is 1.45. The summed E-state index contributed by atoms with van der Waals surface area (Å²) < 4.78 is 10.9. The number of carbonyl (C=O) groups is 2. The highest BCUT2D eigenvalue weighted by Crippen LogP contribution is 2.33. The second-order valence-corrected chi connectivity index (χ2v) is 11.2. The molecule has 39 heavy (non-hydrogen) atoms. The van der Waals surface area contributed by atoms with Crippen LogP contribution in [-0.2, 0) is 17.6 Å². The Bertz CT molecular complexity index is 1350. The molecule has 0 saturated heterocycles. The first kappa shape index (κ1) is 28.5. The highest BCUT2D eigenvalue weighted by molar-refractivity contribution is 6.30. The Balaban J connectivity index is 1.62. The Morgan fingerprint density at radius 1 is 1.03 bits per heavy atom. The number of hydrogen-bond donors (Lipinski definition) is 2. The third-order valence-electron chi connectivity index (χ3n) is 6.87. The van der Waals surface area contributed by atoms with E-state index >= 15 is 0 Å². The van der Waals surface area contributed by atoms with Gasteiger partial charge in [0.05, 0.1) is 19.8 Å². The van der Waals surface area contributed by atoms with Crippen LogP contribution in [0.1, 0.15) is 60.3 Å². The maximum atomic E-state index is 13.3. The molecule has 8 heteroatoms. The molecule has 0 bridgehead atoms. The number of hydrogen-bond acceptors (Lipinski definition) is 5. The van der Waals surface area contributed by atoms with E-state index in [9.17, 15) is 19.8 Å². The van der Waals surface area contributed by atoms with Crippen molar-refractivity contribution in [1.29, 1.82) is 0 Å². The van der Waals surface area contributed by atoms with E-state index in [2.05, 4.69) is 12.1 Å². The first-order valence-electron chi connectivity index (χ1n) is 12.9. The number of ether oxygens (including phenoxy) is 2. The summed E-state index contributed by atoms with van der Waals surface area (Å²) in [4.78, 5) is 26.7. The number of aryl methyl sites for hydroxylation is 1. The van der Waals surface area contributed by atoms with Crippen LogP contribution in [0.15, 0.2) is 60.7 Å².